The van der Waals surface area contributed by atoms with Crippen molar-refractivity contribution in [1.29, 1.82) is 0 Å². The molecule has 0 radical (unpaired) electrons. The zero-order chi connectivity index (χ0) is 12.6. The van der Waals surface area contributed by atoms with Crippen LogP contribution in [0.25, 0.3) is 0 Å². The first-order valence-corrected chi connectivity index (χ1v) is 6.10. The van der Waals surface area contributed by atoms with Crippen molar-refractivity contribution < 1.29 is 9.59 Å². The number of rotatable bonds is 4. The summed E-state index contributed by atoms with van der Waals surface area (Å²) in [5.41, 5.74) is 4.91. The van der Waals surface area contributed by atoms with Crippen molar-refractivity contribution in [1.82, 2.24) is 4.90 Å². The molecule has 2 amide bonds. The Hall–Kier alpha value is -1.06. The van der Waals surface area contributed by atoms with Crippen LogP contribution in [0.1, 0.15) is 46.5 Å². The summed E-state index contributed by atoms with van der Waals surface area (Å²) in [6, 6.07) is 0. The maximum Gasteiger partial charge on any atom is 0.222 e. The molecule has 0 saturated carbocycles. The van der Waals surface area contributed by atoms with Crippen LogP contribution in [0.4, 0.5) is 0 Å². The first-order chi connectivity index (χ1) is 7.52. The number of likely N-dealkylation sites (tertiary alicyclic amines) is 1. The lowest BCUT2D eigenvalue weighted by Gasteiger charge is -2.12. The highest BCUT2D eigenvalue weighted by molar-refractivity contribution is 5.78. The Balaban J connectivity index is 0.000000293. The van der Waals surface area contributed by atoms with E-state index in [1.807, 2.05) is 18.7 Å². The van der Waals surface area contributed by atoms with Gasteiger partial charge in [-0.2, -0.15) is 0 Å². The van der Waals surface area contributed by atoms with Gasteiger partial charge in [0.05, 0.1) is 0 Å². The van der Waals surface area contributed by atoms with Crippen LogP contribution in [0.15, 0.2) is 0 Å². The maximum absolute atomic E-state index is 10.9. The van der Waals surface area contributed by atoms with Gasteiger partial charge in [0.15, 0.2) is 0 Å². The molecule has 1 rings (SSSR count). The number of hydrogen-bond acceptors (Lipinski definition) is 2. The van der Waals surface area contributed by atoms with E-state index in [-0.39, 0.29) is 11.8 Å². The largest absolute Gasteiger partial charge is 0.369 e. The molecular weight excluding hydrogens is 204 g/mol. The summed E-state index contributed by atoms with van der Waals surface area (Å²) < 4.78 is 0. The number of amides is 2. The van der Waals surface area contributed by atoms with Crippen molar-refractivity contribution in [2.45, 2.75) is 46.5 Å². The monoisotopic (exact) mass is 228 g/mol. The Labute approximate surface area is 98.2 Å². The molecule has 0 aromatic heterocycles. The molecule has 16 heavy (non-hydrogen) atoms. The third kappa shape index (κ3) is 5.73. The van der Waals surface area contributed by atoms with Crippen LogP contribution in [0.5, 0.6) is 0 Å². The smallest absolute Gasteiger partial charge is 0.222 e. The van der Waals surface area contributed by atoms with Crippen LogP contribution in [-0.2, 0) is 9.59 Å². The number of nitrogens with zero attached hydrogens (tertiary/aromatic N) is 1. The number of nitrogens with two attached hydrogens (primary N) is 1. The van der Waals surface area contributed by atoms with Gasteiger partial charge >= 0.3 is 0 Å². The van der Waals surface area contributed by atoms with E-state index in [2.05, 4.69) is 6.92 Å². The molecule has 1 aliphatic heterocycles. The van der Waals surface area contributed by atoms with Crippen LogP contribution >= 0.6 is 0 Å². The SMILES string of the molecule is CCC(C)C(N)=O.CCCN1CCCC1=O. The minimum atomic E-state index is -0.206. The highest BCUT2D eigenvalue weighted by Crippen LogP contribution is 2.08. The number of hydrogen-bond donors (Lipinski definition) is 1. The molecule has 0 aliphatic carbocycles. The van der Waals surface area contributed by atoms with Gasteiger partial charge in [0.25, 0.3) is 0 Å². The van der Waals surface area contributed by atoms with E-state index in [4.69, 9.17) is 5.73 Å². The molecular formula is C12H24N2O2. The van der Waals surface area contributed by atoms with E-state index in [0.29, 0.717) is 5.91 Å². The first kappa shape index (κ1) is 14.9. The minimum Gasteiger partial charge on any atom is -0.369 e. The Morgan fingerprint density at radius 2 is 2.12 bits per heavy atom. The van der Waals surface area contributed by atoms with E-state index in [1.54, 1.807) is 0 Å². The average molecular weight is 228 g/mol. The van der Waals surface area contributed by atoms with Crippen molar-refractivity contribution >= 4 is 11.8 Å². The van der Waals surface area contributed by atoms with Crippen LogP contribution in [0.2, 0.25) is 0 Å². The number of carbonyl (C=O) groups excluding carboxylic acids is 2. The standard InChI is InChI=1S/C7H13NO.C5H11NO/c1-2-5-8-6-3-4-7(8)9;1-3-4(2)5(6)7/h2-6H2,1H3;4H,3H2,1-2H3,(H2,6,7). The van der Waals surface area contributed by atoms with Crippen molar-refractivity contribution in [2.24, 2.45) is 11.7 Å². The fourth-order valence-corrected chi connectivity index (χ4v) is 1.41. The van der Waals surface area contributed by atoms with E-state index in [0.717, 1.165) is 38.8 Å². The maximum atomic E-state index is 10.9. The average Bonchev–Trinajstić information content (AvgIpc) is 2.65. The molecule has 1 saturated heterocycles. The minimum absolute atomic E-state index is 0.0417. The first-order valence-electron chi connectivity index (χ1n) is 6.10. The Morgan fingerprint density at radius 1 is 1.50 bits per heavy atom. The molecule has 0 spiro atoms. The van der Waals surface area contributed by atoms with Crippen molar-refractivity contribution in [3.05, 3.63) is 0 Å². The summed E-state index contributed by atoms with van der Waals surface area (Å²) in [5.74, 6) is 0.180. The second-order valence-electron chi connectivity index (χ2n) is 4.20. The highest BCUT2D eigenvalue weighted by Gasteiger charge is 2.17. The molecule has 4 heteroatoms. The molecule has 1 atom stereocenters. The summed E-state index contributed by atoms with van der Waals surface area (Å²) in [6.07, 6.45) is 3.78. The van der Waals surface area contributed by atoms with Crippen LogP contribution in [0, 0.1) is 5.92 Å². The summed E-state index contributed by atoms with van der Waals surface area (Å²) >= 11 is 0. The van der Waals surface area contributed by atoms with Gasteiger partial charge in [-0.15, -0.1) is 0 Å². The molecule has 0 aromatic rings. The lowest BCUT2D eigenvalue weighted by molar-refractivity contribution is -0.127. The van der Waals surface area contributed by atoms with Crippen LogP contribution < -0.4 is 5.73 Å². The number of carbonyl (C=O) groups is 2. The Morgan fingerprint density at radius 3 is 2.38 bits per heavy atom. The molecule has 0 aromatic carbocycles. The van der Waals surface area contributed by atoms with Gasteiger partial charge in [0, 0.05) is 25.4 Å². The van der Waals surface area contributed by atoms with Gasteiger partial charge in [-0.1, -0.05) is 20.8 Å². The quantitative estimate of drug-likeness (QED) is 0.793. The molecule has 94 valence electrons. The van der Waals surface area contributed by atoms with Gasteiger partial charge in [-0.05, 0) is 19.3 Å². The van der Waals surface area contributed by atoms with Crippen molar-refractivity contribution in [3.63, 3.8) is 0 Å². The predicted octanol–water partition coefficient (Wildman–Crippen LogP) is 1.54. The summed E-state index contributed by atoms with van der Waals surface area (Å²) in [4.78, 5) is 23.0. The van der Waals surface area contributed by atoms with Gasteiger partial charge < -0.3 is 10.6 Å². The van der Waals surface area contributed by atoms with Crippen molar-refractivity contribution in [2.75, 3.05) is 13.1 Å². The predicted molar refractivity (Wildman–Crippen MR) is 64.8 cm³/mol. The molecule has 1 fully saturated rings. The van der Waals surface area contributed by atoms with E-state index in [1.165, 1.54) is 0 Å². The second-order valence-corrected chi connectivity index (χ2v) is 4.20. The van der Waals surface area contributed by atoms with Crippen molar-refractivity contribution in [3.8, 4) is 0 Å². The zero-order valence-electron chi connectivity index (χ0n) is 10.7. The topological polar surface area (TPSA) is 63.4 Å². The Kier molecular flexibility index (Phi) is 7.60. The van der Waals surface area contributed by atoms with E-state index < -0.39 is 0 Å². The highest BCUT2D eigenvalue weighted by atomic mass is 16.2. The van der Waals surface area contributed by atoms with Gasteiger partial charge in [0.2, 0.25) is 11.8 Å². The fourth-order valence-electron chi connectivity index (χ4n) is 1.41. The molecule has 1 aliphatic rings. The molecule has 1 heterocycles. The summed E-state index contributed by atoms with van der Waals surface area (Å²) in [7, 11) is 0. The third-order valence-electron chi connectivity index (χ3n) is 2.76. The third-order valence-corrected chi connectivity index (χ3v) is 2.76. The normalized spacial score (nSPS) is 16.7. The van der Waals surface area contributed by atoms with Gasteiger partial charge in [-0.3, -0.25) is 9.59 Å². The van der Waals surface area contributed by atoms with Crippen LogP contribution in [0.3, 0.4) is 0 Å². The lowest BCUT2D eigenvalue weighted by atomic mass is 10.1. The summed E-state index contributed by atoms with van der Waals surface area (Å²) in [6.45, 7) is 7.81. The van der Waals surface area contributed by atoms with Gasteiger partial charge in [-0.25, -0.2) is 0 Å². The van der Waals surface area contributed by atoms with E-state index >= 15 is 0 Å². The lowest BCUT2D eigenvalue weighted by Crippen LogP contribution is -2.24. The van der Waals surface area contributed by atoms with E-state index in [9.17, 15) is 9.59 Å². The van der Waals surface area contributed by atoms with Gasteiger partial charge in [0.1, 0.15) is 0 Å². The fraction of sp³-hybridized carbons (Fsp3) is 0.833. The Bertz CT molecular complexity index is 229. The molecule has 4 nitrogen and oxygen atoms in total. The molecule has 0 bridgehead atoms. The summed E-state index contributed by atoms with van der Waals surface area (Å²) in [5, 5.41) is 0. The molecule has 2 N–H and O–H groups in total. The second kappa shape index (κ2) is 8.13. The number of primary amides is 1. The van der Waals surface area contributed by atoms with Crippen LogP contribution in [-0.4, -0.2) is 29.8 Å². The molecule has 1 unspecified atom stereocenters. The zero-order valence-corrected chi connectivity index (χ0v) is 10.7.